The van der Waals surface area contributed by atoms with Crippen molar-refractivity contribution in [3.05, 3.63) is 101 Å². The summed E-state index contributed by atoms with van der Waals surface area (Å²) in [6.45, 7) is 0. The molecule has 0 atom stereocenters. The van der Waals surface area contributed by atoms with Crippen LogP contribution in [-0.4, -0.2) is 4.98 Å². The zero-order valence-corrected chi connectivity index (χ0v) is 12.7. The highest BCUT2D eigenvalue weighted by atomic mass is 14.7. The molecule has 110 valence electrons. The highest BCUT2D eigenvalue weighted by Gasteiger charge is 2.05. The van der Waals surface area contributed by atoms with Crippen molar-refractivity contribution in [2.75, 3.05) is 0 Å². The fourth-order valence-corrected chi connectivity index (χ4v) is 2.49. The van der Waals surface area contributed by atoms with Crippen LogP contribution >= 0.6 is 0 Å². The molecule has 0 saturated heterocycles. The van der Waals surface area contributed by atoms with Gasteiger partial charge in [-0.2, -0.15) is 5.26 Å². The molecule has 2 aromatic carbocycles. The van der Waals surface area contributed by atoms with Gasteiger partial charge in [0, 0.05) is 18.3 Å². The summed E-state index contributed by atoms with van der Waals surface area (Å²) in [4.78, 5) is 4.39. The fraction of sp³-hybridized carbons (Fsp3) is 0.0476. The van der Waals surface area contributed by atoms with E-state index in [0.717, 1.165) is 28.8 Å². The Hall–Kier alpha value is -3.18. The molecule has 0 amide bonds. The second-order valence-corrected chi connectivity index (χ2v) is 5.23. The van der Waals surface area contributed by atoms with Crippen molar-refractivity contribution in [3.63, 3.8) is 0 Å². The molecule has 0 aliphatic rings. The summed E-state index contributed by atoms with van der Waals surface area (Å²) < 4.78 is 0. The smallest absolute Gasteiger partial charge is 0.0998 e. The molecular weight excluding hydrogens is 280 g/mol. The van der Waals surface area contributed by atoms with E-state index in [-0.39, 0.29) is 0 Å². The zero-order chi connectivity index (χ0) is 15.9. The van der Waals surface area contributed by atoms with Crippen LogP contribution in [0.15, 0.2) is 79.0 Å². The standard InChI is InChI=1S/C21H16N2/c22-16-20(17-8-2-1-3-9-17)14-18-10-4-5-11-19(18)15-21-12-6-7-13-23-21/h1-14H,15H2/b20-14+. The van der Waals surface area contributed by atoms with E-state index in [2.05, 4.69) is 17.1 Å². The van der Waals surface area contributed by atoms with Gasteiger partial charge in [0.25, 0.3) is 0 Å². The quantitative estimate of drug-likeness (QED) is 0.515. The van der Waals surface area contributed by atoms with E-state index >= 15 is 0 Å². The van der Waals surface area contributed by atoms with Crippen LogP contribution in [-0.2, 0) is 6.42 Å². The van der Waals surface area contributed by atoms with Crippen molar-refractivity contribution < 1.29 is 0 Å². The number of nitrogens with zero attached hydrogens (tertiary/aromatic N) is 2. The highest BCUT2D eigenvalue weighted by Crippen LogP contribution is 2.21. The first kappa shape index (κ1) is 14.7. The lowest BCUT2D eigenvalue weighted by Crippen LogP contribution is -1.94. The molecule has 0 spiro atoms. The van der Waals surface area contributed by atoms with Crippen LogP contribution < -0.4 is 0 Å². The largest absolute Gasteiger partial charge is 0.261 e. The van der Waals surface area contributed by atoms with E-state index < -0.39 is 0 Å². The second kappa shape index (κ2) is 7.20. The van der Waals surface area contributed by atoms with Gasteiger partial charge in [0.2, 0.25) is 0 Å². The SMILES string of the molecule is N#C/C(=C\c1ccccc1Cc1ccccn1)c1ccccc1. The van der Waals surface area contributed by atoms with Gasteiger partial charge in [-0.05, 0) is 34.9 Å². The van der Waals surface area contributed by atoms with Gasteiger partial charge in [-0.15, -0.1) is 0 Å². The van der Waals surface area contributed by atoms with Crippen LogP contribution in [0.1, 0.15) is 22.4 Å². The minimum atomic E-state index is 0.666. The Morgan fingerprint density at radius 1 is 0.913 bits per heavy atom. The molecule has 0 radical (unpaired) electrons. The van der Waals surface area contributed by atoms with Gasteiger partial charge in [0.1, 0.15) is 0 Å². The number of rotatable bonds is 4. The van der Waals surface area contributed by atoms with Crippen molar-refractivity contribution >= 4 is 11.6 Å². The van der Waals surface area contributed by atoms with Crippen molar-refractivity contribution in [3.8, 4) is 6.07 Å². The number of hydrogen-bond donors (Lipinski definition) is 0. The molecule has 0 fully saturated rings. The van der Waals surface area contributed by atoms with Crippen LogP contribution in [0, 0.1) is 11.3 Å². The molecule has 1 heterocycles. The maximum atomic E-state index is 9.49. The molecule has 1 aromatic heterocycles. The number of benzene rings is 2. The number of allylic oxidation sites excluding steroid dienone is 1. The lowest BCUT2D eigenvalue weighted by Gasteiger charge is -2.07. The minimum absolute atomic E-state index is 0.666. The number of nitriles is 1. The van der Waals surface area contributed by atoms with Gasteiger partial charge in [0.05, 0.1) is 11.6 Å². The van der Waals surface area contributed by atoms with Gasteiger partial charge >= 0.3 is 0 Å². The maximum Gasteiger partial charge on any atom is 0.0998 e. The summed E-state index contributed by atoms with van der Waals surface area (Å²) in [5.74, 6) is 0. The predicted octanol–water partition coefficient (Wildman–Crippen LogP) is 4.74. The Labute approximate surface area is 136 Å². The summed E-state index contributed by atoms with van der Waals surface area (Å²) >= 11 is 0. The van der Waals surface area contributed by atoms with Crippen molar-refractivity contribution in [2.24, 2.45) is 0 Å². The van der Waals surface area contributed by atoms with E-state index in [1.54, 1.807) is 6.20 Å². The summed E-state index contributed by atoms with van der Waals surface area (Å²) in [7, 11) is 0. The second-order valence-electron chi connectivity index (χ2n) is 5.23. The molecule has 0 aliphatic heterocycles. The van der Waals surface area contributed by atoms with Crippen LogP contribution in [0.5, 0.6) is 0 Å². The number of pyridine rings is 1. The first-order valence-corrected chi connectivity index (χ1v) is 7.52. The average molecular weight is 296 g/mol. The summed E-state index contributed by atoms with van der Waals surface area (Å²) in [6, 6.07) is 26.1. The van der Waals surface area contributed by atoms with E-state index in [1.807, 2.05) is 72.8 Å². The maximum absolute atomic E-state index is 9.49. The molecular formula is C21H16N2. The first-order valence-electron chi connectivity index (χ1n) is 7.52. The molecule has 0 N–H and O–H groups in total. The van der Waals surface area contributed by atoms with Gasteiger partial charge < -0.3 is 0 Å². The first-order chi connectivity index (χ1) is 11.4. The van der Waals surface area contributed by atoms with Crippen LogP contribution in [0.25, 0.3) is 11.6 Å². The van der Waals surface area contributed by atoms with E-state index in [1.165, 1.54) is 0 Å². The molecule has 0 aliphatic carbocycles. The monoisotopic (exact) mass is 296 g/mol. The van der Waals surface area contributed by atoms with Gasteiger partial charge in [0.15, 0.2) is 0 Å². The Kier molecular flexibility index (Phi) is 4.61. The Balaban J connectivity index is 1.97. The third-order valence-corrected chi connectivity index (χ3v) is 3.66. The van der Waals surface area contributed by atoms with Gasteiger partial charge in [-0.3, -0.25) is 4.98 Å². The van der Waals surface area contributed by atoms with Crippen LogP contribution in [0.2, 0.25) is 0 Å². The van der Waals surface area contributed by atoms with Crippen molar-refractivity contribution in [1.82, 2.24) is 4.98 Å². The molecule has 3 rings (SSSR count). The number of hydrogen-bond acceptors (Lipinski definition) is 2. The van der Waals surface area contributed by atoms with Gasteiger partial charge in [-0.25, -0.2) is 0 Å². The molecule has 3 aromatic rings. The van der Waals surface area contributed by atoms with Crippen molar-refractivity contribution in [2.45, 2.75) is 6.42 Å². The molecule has 2 heteroatoms. The molecule has 0 bridgehead atoms. The lowest BCUT2D eigenvalue weighted by molar-refractivity contribution is 1.07. The summed E-state index contributed by atoms with van der Waals surface area (Å²) in [6.07, 6.45) is 4.51. The van der Waals surface area contributed by atoms with Crippen LogP contribution in [0.4, 0.5) is 0 Å². The molecule has 2 nitrogen and oxygen atoms in total. The number of aromatic nitrogens is 1. The normalized spacial score (nSPS) is 11.0. The van der Waals surface area contributed by atoms with Gasteiger partial charge in [-0.1, -0.05) is 60.7 Å². The Morgan fingerprint density at radius 2 is 1.65 bits per heavy atom. The zero-order valence-electron chi connectivity index (χ0n) is 12.7. The molecule has 0 unspecified atom stereocenters. The lowest BCUT2D eigenvalue weighted by atomic mass is 9.98. The van der Waals surface area contributed by atoms with E-state index in [4.69, 9.17) is 0 Å². The predicted molar refractivity (Wildman–Crippen MR) is 93.4 cm³/mol. The molecule has 0 saturated carbocycles. The fourth-order valence-electron chi connectivity index (χ4n) is 2.49. The topological polar surface area (TPSA) is 36.7 Å². The van der Waals surface area contributed by atoms with E-state index in [0.29, 0.717) is 5.57 Å². The summed E-state index contributed by atoms with van der Waals surface area (Å²) in [5.41, 5.74) is 4.83. The summed E-state index contributed by atoms with van der Waals surface area (Å²) in [5, 5.41) is 9.49. The third kappa shape index (κ3) is 3.72. The Morgan fingerprint density at radius 3 is 2.39 bits per heavy atom. The average Bonchev–Trinajstić information content (AvgIpc) is 2.62. The van der Waals surface area contributed by atoms with Crippen molar-refractivity contribution in [1.29, 1.82) is 5.26 Å². The minimum Gasteiger partial charge on any atom is -0.261 e. The highest BCUT2D eigenvalue weighted by molar-refractivity contribution is 5.90. The van der Waals surface area contributed by atoms with E-state index in [9.17, 15) is 5.26 Å². The van der Waals surface area contributed by atoms with Crippen LogP contribution in [0.3, 0.4) is 0 Å². The third-order valence-electron chi connectivity index (χ3n) is 3.66. The Bertz CT molecular complexity index is 844. The molecule has 23 heavy (non-hydrogen) atoms.